The summed E-state index contributed by atoms with van der Waals surface area (Å²) in [6.07, 6.45) is 0. The number of hydrogen-bond acceptors (Lipinski definition) is 4. The maximum Gasteiger partial charge on any atom is 0.282 e. The Kier molecular flexibility index (Phi) is 5.62. The minimum absolute atomic E-state index is 0. The van der Waals surface area contributed by atoms with Gasteiger partial charge < -0.3 is 10.1 Å². The summed E-state index contributed by atoms with van der Waals surface area (Å²) in [7, 11) is -3.29. The number of hydrogen-bond donors (Lipinski definition) is 1. The Morgan fingerprint density at radius 1 is 1.24 bits per heavy atom. The Bertz CT molecular complexity index is 332. The molecule has 0 radical (unpaired) electrons. The molecular formula is C9H20ClN3O3S. The third-order valence-electron chi connectivity index (χ3n) is 3.03. The summed E-state index contributed by atoms with van der Waals surface area (Å²) in [4.78, 5) is 0. The van der Waals surface area contributed by atoms with Crippen LogP contribution >= 0.6 is 12.4 Å². The number of ether oxygens (including phenoxy) is 1. The minimum atomic E-state index is -3.29. The predicted octanol–water partition coefficient (Wildman–Crippen LogP) is -0.721. The smallest absolute Gasteiger partial charge is 0.282 e. The largest absolute Gasteiger partial charge is 0.379 e. The summed E-state index contributed by atoms with van der Waals surface area (Å²) in [5, 5.41) is 3.19. The molecule has 0 saturated carbocycles. The van der Waals surface area contributed by atoms with Gasteiger partial charge >= 0.3 is 0 Å². The number of piperazine rings is 1. The molecule has 0 aliphatic carbocycles. The standard InChI is InChI=1S/C9H19N3O3S.ClH/c1-9-8-10-2-3-12(9)16(13,14)11-4-6-15-7-5-11;/h9-10H,2-8H2,1H3;1H/t9-;/m1./s1. The summed E-state index contributed by atoms with van der Waals surface area (Å²) >= 11 is 0. The highest BCUT2D eigenvalue weighted by atomic mass is 35.5. The summed E-state index contributed by atoms with van der Waals surface area (Å²) in [6, 6.07) is 0.0293. The zero-order chi connectivity index (χ0) is 11.6. The molecule has 0 bridgehead atoms. The van der Waals surface area contributed by atoms with E-state index < -0.39 is 10.2 Å². The summed E-state index contributed by atoms with van der Waals surface area (Å²) in [5.74, 6) is 0. The SMILES string of the molecule is C[C@@H]1CNCCN1S(=O)(=O)N1CCOCC1.Cl. The van der Waals surface area contributed by atoms with Crippen LogP contribution in [0.2, 0.25) is 0 Å². The van der Waals surface area contributed by atoms with Crippen molar-refractivity contribution in [3.63, 3.8) is 0 Å². The average molecular weight is 286 g/mol. The number of nitrogens with zero attached hydrogens (tertiary/aromatic N) is 2. The molecule has 6 nitrogen and oxygen atoms in total. The van der Waals surface area contributed by atoms with Gasteiger partial charge in [-0.25, -0.2) is 0 Å². The molecule has 0 aromatic rings. The van der Waals surface area contributed by atoms with Crippen LogP contribution in [0.3, 0.4) is 0 Å². The van der Waals surface area contributed by atoms with Gasteiger partial charge in [-0.05, 0) is 6.92 Å². The summed E-state index contributed by atoms with van der Waals surface area (Å²) < 4.78 is 32.9. The first kappa shape index (κ1) is 15.1. The Balaban J connectivity index is 0.00000144. The highest BCUT2D eigenvalue weighted by Gasteiger charge is 2.35. The average Bonchev–Trinajstić information content (AvgIpc) is 2.30. The van der Waals surface area contributed by atoms with Crippen LogP contribution in [-0.4, -0.2) is 69.0 Å². The van der Waals surface area contributed by atoms with Crippen molar-refractivity contribution in [2.75, 3.05) is 45.9 Å². The fourth-order valence-electron chi connectivity index (χ4n) is 2.09. The number of morpholine rings is 1. The van der Waals surface area contributed by atoms with Crippen LogP contribution < -0.4 is 5.32 Å². The second kappa shape index (κ2) is 6.31. The molecule has 0 aromatic carbocycles. The van der Waals surface area contributed by atoms with E-state index in [0.717, 1.165) is 13.1 Å². The third-order valence-corrected chi connectivity index (χ3v) is 5.19. The van der Waals surface area contributed by atoms with Crippen LogP contribution in [0.4, 0.5) is 0 Å². The van der Waals surface area contributed by atoms with Gasteiger partial charge in [0.25, 0.3) is 10.2 Å². The van der Waals surface area contributed by atoms with Crippen LogP contribution in [-0.2, 0) is 14.9 Å². The van der Waals surface area contributed by atoms with E-state index in [-0.39, 0.29) is 18.4 Å². The van der Waals surface area contributed by atoms with E-state index in [1.807, 2.05) is 6.92 Å². The molecule has 0 aromatic heterocycles. The number of halogens is 1. The van der Waals surface area contributed by atoms with Crippen molar-refractivity contribution in [2.24, 2.45) is 0 Å². The lowest BCUT2D eigenvalue weighted by Crippen LogP contribution is -2.57. The highest BCUT2D eigenvalue weighted by molar-refractivity contribution is 7.86. The number of rotatable bonds is 2. The Morgan fingerprint density at radius 3 is 2.47 bits per heavy atom. The lowest BCUT2D eigenvalue weighted by Gasteiger charge is -2.37. The molecule has 1 N–H and O–H groups in total. The van der Waals surface area contributed by atoms with Gasteiger partial charge in [-0.15, -0.1) is 12.4 Å². The van der Waals surface area contributed by atoms with Gasteiger partial charge in [0.05, 0.1) is 13.2 Å². The Labute approximate surface area is 109 Å². The van der Waals surface area contributed by atoms with E-state index in [1.165, 1.54) is 4.31 Å². The fraction of sp³-hybridized carbons (Fsp3) is 1.00. The molecule has 1 atom stereocenters. The second-order valence-corrected chi connectivity index (χ2v) is 6.06. The van der Waals surface area contributed by atoms with E-state index in [4.69, 9.17) is 4.74 Å². The van der Waals surface area contributed by atoms with Crippen molar-refractivity contribution >= 4 is 22.6 Å². The van der Waals surface area contributed by atoms with Crippen molar-refractivity contribution in [2.45, 2.75) is 13.0 Å². The maximum atomic E-state index is 12.3. The first-order valence-electron chi connectivity index (χ1n) is 5.68. The van der Waals surface area contributed by atoms with Gasteiger partial charge in [-0.1, -0.05) is 0 Å². The zero-order valence-corrected chi connectivity index (χ0v) is 11.6. The van der Waals surface area contributed by atoms with Crippen LogP contribution in [0.1, 0.15) is 6.92 Å². The lowest BCUT2D eigenvalue weighted by molar-refractivity contribution is 0.0688. The minimum Gasteiger partial charge on any atom is -0.379 e. The van der Waals surface area contributed by atoms with Gasteiger partial charge in [-0.2, -0.15) is 17.0 Å². The molecule has 17 heavy (non-hydrogen) atoms. The van der Waals surface area contributed by atoms with Crippen molar-refractivity contribution in [3.05, 3.63) is 0 Å². The molecule has 2 heterocycles. The third kappa shape index (κ3) is 3.30. The van der Waals surface area contributed by atoms with E-state index in [9.17, 15) is 8.42 Å². The maximum absolute atomic E-state index is 12.3. The van der Waals surface area contributed by atoms with Gasteiger partial charge in [-0.3, -0.25) is 0 Å². The summed E-state index contributed by atoms with van der Waals surface area (Å²) in [6.45, 7) is 5.89. The predicted molar refractivity (Wildman–Crippen MR) is 67.6 cm³/mol. The molecule has 8 heteroatoms. The monoisotopic (exact) mass is 285 g/mol. The van der Waals surface area contributed by atoms with Crippen molar-refractivity contribution in [1.29, 1.82) is 0 Å². The van der Waals surface area contributed by atoms with Gasteiger partial charge in [0.2, 0.25) is 0 Å². The lowest BCUT2D eigenvalue weighted by atomic mass is 10.3. The molecular weight excluding hydrogens is 266 g/mol. The molecule has 0 unspecified atom stereocenters. The fourth-order valence-corrected chi connectivity index (χ4v) is 3.85. The van der Waals surface area contributed by atoms with E-state index in [2.05, 4.69) is 5.32 Å². The molecule has 0 amide bonds. The van der Waals surface area contributed by atoms with Gasteiger partial charge in [0.1, 0.15) is 0 Å². The van der Waals surface area contributed by atoms with Crippen LogP contribution in [0.5, 0.6) is 0 Å². The van der Waals surface area contributed by atoms with Crippen molar-refractivity contribution in [3.8, 4) is 0 Å². The first-order chi connectivity index (χ1) is 7.62. The quantitative estimate of drug-likeness (QED) is 0.727. The number of nitrogens with one attached hydrogen (secondary N) is 1. The summed E-state index contributed by atoms with van der Waals surface area (Å²) in [5.41, 5.74) is 0. The Hall–Kier alpha value is 0.0800. The Morgan fingerprint density at radius 2 is 1.88 bits per heavy atom. The highest BCUT2D eigenvalue weighted by Crippen LogP contribution is 2.15. The topological polar surface area (TPSA) is 61.9 Å². The van der Waals surface area contributed by atoms with Crippen LogP contribution in [0.15, 0.2) is 0 Å². The molecule has 2 rings (SSSR count). The normalized spacial score (nSPS) is 28.6. The molecule has 2 aliphatic rings. The van der Waals surface area contributed by atoms with Crippen LogP contribution in [0.25, 0.3) is 0 Å². The molecule has 2 fully saturated rings. The second-order valence-electron chi connectivity index (χ2n) is 4.18. The van der Waals surface area contributed by atoms with E-state index in [1.54, 1.807) is 4.31 Å². The molecule has 102 valence electrons. The zero-order valence-electron chi connectivity index (χ0n) is 9.96. The van der Waals surface area contributed by atoms with Gasteiger partial charge in [0.15, 0.2) is 0 Å². The van der Waals surface area contributed by atoms with E-state index >= 15 is 0 Å². The van der Waals surface area contributed by atoms with Crippen molar-refractivity contribution in [1.82, 2.24) is 13.9 Å². The van der Waals surface area contributed by atoms with Crippen LogP contribution in [0, 0.1) is 0 Å². The van der Waals surface area contributed by atoms with Crippen molar-refractivity contribution < 1.29 is 13.2 Å². The first-order valence-corrected chi connectivity index (χ1v) is 7.07. The molecule has 2 aliphatic heterocycles. The molecule has 2 saturated heterocycles. The van der Waals surface area contributed by atoms with E-state index in [0.29, 0.717) is 32.8 Å². The van der Waals surface area contributed by atoms with Gasteiger partial charge in [0, 0.05) is 38.8 Å². The molecule has 0 spiro atoms.